The molecule has 2 heterocycles. The Kier molecular flexibility index (Phi) is 5.65. The fourth-order valence-corrected chi connectivity index (χ4v) is 5.56. The number of fused-ring (bicyclic) bond motifs is 2. The van der Waals surface area contributed by atoms with Crippen LogP contribution >= 0.6 is 0 Å². The van der Waals surface area contributed by atoms with Crippen molar-refractivity contribution in [2.45, 2.75) is 63.2 Å². The van der Waals surface area contributed by atoms with Crippen molar-refractivity contribution >= 4 is 35.1 Å². The number of carbonyl (C=O) groups excluding carboxylic acids is 2. The van der Waals surface area contributed by atoms with Gasteiger partial charge in [-0.2, -0.15) is 0 Å². The van der Waals surface area contributed by atoms with Crippen molar-refractivity contribution in [2.75, 3.05) is 22.9 Å². The second-order valence-corrected chi connectivity index (χ2v) is 10.3. The van der Waals surface area contributed by atoms with E-state index in [9.17, 15) is 29.4 Å². The number of hydrogen-bond donors (Lipinski definition) is 2. The van der Waals surface area contributed by atoms with Gasteiger partial charge in [0.15, 0.2) is 0 Å². The van der Waals surface area contributed by atoms with E-state index in [2.05, 4.69) is 0 Å². The van der Waals surface area contributed by atoms with E-state index >= 15 is 0 Å². The molecule has 2 aliphatic heterocycles. The fourth-order valence-electron chi connectivity index (χ4n) is 5.56. The predicted molar refractivity (Wildman–Crippen MR) is 133 cm³/mol. The van der Waals surface area contributed by atoms with Crippen molar-refractivity contribution in [3.8, 4) is 0 Å². The summed E-state index contributed by atoms with van der Waals surface area (Å²) in [6, 6.07) is 11.4. The number of carboxylic acid groups (broad SMARTS) is 2. The van der Waals surface area contributed by atoms with E-state index in [4.69, 9.17) is 0 Å². The Morgan fingerprint density at radius 1 is 0.667 bits per heavy atom. The number of rotatable bonds is 4. The maximum atomic E-state index is 11.4. The zero-order valence-corrected chi connectivity index (χ0v) is 20.5. The van der Waals surface area contributed by atoms with Crippen LogP contribution in [0.4, 0.5) is 11.4 Å². The molecule has 0 radical (unpaired) electrons. The van der Waals surface area contributed by atoms with E-state index in [1.165, 1.54) is 0 Å². The molecule has 6 rings (SSSR count). The first-order valence-electron chi connectivity index (χ1n) is 12.4. The number of aliphatic carboxylic acids is 2. The third-order valence-corrected chi connectivity index (χ3v) is 8.13. The Bertz CT molecular complexity index is 1190. The molecule has 0 unspecified atom stereocenters. The van der Waals surface area contributed by atoms with Crippen molar-refractivity contribution in [2.24, 2.45) is 0 Å². The van der Waals surface area contributed by atoms with Gasteiger partial charge < -0.3 is 20.0 Å². The van der Waals surface area contributed by atoms with E-state index in [1.807, 2.05) is 36.4 Å². The second-order valence-electron chi connectivity index (χ2n) is 10.3. The van der Waals surface area contributed by atoms with Crippen LogP contribution in [0.1, 0.15) is 61.8 Å². The van der Waals surface area contributed by atoms with Gasteiger partial charge in [-0.25, -0.2) is 0 Å². The van der Waals surface area contributed by atoms with Crippen LogP contribution in [0, 0.1) is 0 Å². The lowest BCUT2D eigenvalue weighted by Crippen LogP contribution is -2.25. The number of amides is 2. The molecule has 0 spiro atoms. The molecule has 2 amide bonds. The molecular weight excluding hydrogens is 460 g/mol. The maximum absolute atomic E-state index is 11.4. The van der Waals surface area contributed by atoms with Gasteiger partial charge in [-0.1, -0.05) is 24.3 Å². The molecular formula is C28H30N2O6. The SMILES string of the molecule is CC(=O)N1CCc2cc(C3(C(=O)O)CC3)ccc21.CC(=O)N1CCc2cc(C3(C(=O)O)CC3)ccc21. The summed E-state index contributed by atoms with van der Waals surface area (Å²) in [7, 11) is 0. The third kappa shape index (κ3) is 3.85. The summed E-state index contributed by atoms with van der Waals surface area (Å²) in [5.74, 6) is -1.38. The second kappa shape index (κ2) is 8.47. The van der Waals surface area contributed by atoms with Gasteiger partial charge in [0.25, 0.3) is 0 Å². The lowest BCUT2D eigenvalue weighted by molar-refractivity contribution is -0.141. The molecule has 2 aromatic carbocycles. The molecule has 0 aromatic heterocycles. The van der Waals surface area contributed by atoms with Crippen molar-refractivity contribution in [3.63, 3.8) is 0 Å². The summed E-state index contributed by atoms with van der Waals surface area (Å²) < 4.78 is 0. The zero-order chi connectivity index (χ0) is 25.8. The maximum Gasteiger partial charge on any atom is 0.314 e. The minimum absolute atomic E-state index is 0.0425. The topological polar surface area (TPSA) is 115 Å². The first-order chi connectivity index (χ1) is 17.1. The van der Waals surface area contributed by atoms with Gasteiger partial charge in [0, 0.05) is 38.3 Å². The first kappa shape index (κ1) is 24.0. The molecule has 36 heavy (non-hydrogen) atoms. The molecule has 0 atom stereocenters. The number of carboxylic acids is 2. The minimum Gasteiger partial charge on any atom is -0.481 e. The average Bonchev–Trinajstić information content (AvgIpc) is 3.74. The summed E-state index contributed by atoms with van der Waals surface area (Å²) >= 11 is 0. The van der Waals surface area contributed by atoms with Crippen molar-refractivity contribution in [3.05, 3.63) is 58.7 Å². The molecule has 2 saturated carbocycles. The van der Waals surface area contributed by atoms with Crippen LogP contribution in [0.3, 0.4) is 0 Å². The van der Waals surface area contributed by atoms with E-state index in [0.29, 0.717) is 13.1 Å². The fraction of sp³-hybridized carbons (Fsp3) is 0.429. The molecule has 0 saturated heterocycles. The highest BCUT2D eigenvalue weighted by Crippen LogP contribution is 2.50. The van der Waals surface area contributed by atoms with Gasteiger partial charge in [0.2, 0.25) is 11.8 Å². The number of anilines is 2. The van der Waals surface area contributed by atoms with Crippen LogP contribution in [0.2, 0.25) is 0 Å². The molecule has 2 aliphatic carbocycles. The lowest BCUT2D eigenvalue weighted by atomic mass is 9.94. The summed E-state index contributed by atoms with van der Waals surface area (Å²) in [6.45, 7) is 4.52. The van der Waals surface area contributed by atoms with E-state index < -0.39 is 22.8 Å². The quantitative estimate of drug-likeness (QED) is 0.679. The van der Waals surface area contributed by atoms with Gasteiger partial charge in [-0.15, -0.1) is 0 Å². The van der Waals surface area contributed by atoms with Gasteiger partial charge in [-0.05, 0) is 72.9 Å². The molecule has 2 fully saturated rings. The molecule has 8 nitrogen and oxygen atoms in total. The third-order valence-electron chi connectivity index (χ3n) is 8.13. The smallest absolute Gasteiger partial charge is 0.314 e. The predicted octanol–water partition coefficient (Wildman–Crippen LogP) is 3.42. The Balaban J connectivity index is 0.000000148. The van der Waals surface area contributed by atoms with Gasteiger partial charge in [0.1, 0.15) is 0 Å². The normalized spacial score (nSPS) is 19.5. The highest BCUT2D eigenvalue weighted by atomic mass is 16.4. The van der Waals surface area contributed by atoms with Crippen molar-refractivity contribution in [1.82, 2.24) is 0 Å². The van der Waals surface area contributed by atoms with Gasteiger partial charge in [-0.3, -0.25) is 19.2 Å². The van der Waals surface area contributed by atoms with Crippen molar-refractivity contribution < 1.29 is 29.4 Å². The Hall–Kier alpha value is -3.68. The van der Waals surface area contributed by atoms with Crippen LogP contribution in [0.15, 0.2) is 36.4 Å². The number of hydrogen-bond acceptors (Lipinski definition) is 4. The molecule has 0 bridgehead atoms. The Labute approximate surface area is 209 Å². The zero-order valence-electron chi connectivity index (χ0n) is 20.5. The summed E-state index contributed by atoms with van der Waals surface area (Å²) in [5, 5.41) is 18.6. The monoisotopic (exact) mass is 490 g/mol. The van der Waals surface area contributed by atoms with E-state index in [0.717, 1.165) is 72.2 Å². The Morgan fingerprint density at radius 2 is 1.03 bits per heavy atom. The van der Waals surface area contributed by atoms with Gasteiger partial charge in [0.05, 0.1) is 10.8 Å². The van der Waals surface area contributed by atoms with Gasteiger partial charge >= 0.3 is 11.9 Å². The summed E-state index contributed by atoms with van der Waals surface area (Å²) in [4.78, 5) is 49.0. The average molecular weight is 491 g/mol. The highest BCUT2D eigenvalue weighted by Gasteiger charge is 2.52. The summed E-state index contributed by atoms with van der Waals surface area (Å²) in [6.07, 6.45) is 4.51. The summed E-state index contributed by atoms with van der Waals surface area (Å²) in [5.41, 5.74) is 4.53. The standard InChI is InChI=1S/2C14H15NO3/c2*1-9(16)15-7-4-10-8-11(2-3-12(10)15)14(5-6-14)13(17)18/h2*2-3,8H,4-7H2,1H3,(H,17,18). The molecule has 188 valence electrons. The van der Waals surface area contributed by atoms with Crippen LogP contribution in [0.25, 0.3) is 0 Å². The Morgan fingerprint density at radius 3 is 1.31 bits per heavy atom. The first-order valence-corrected chi connectivity index (χ1v) is 12.4. The van der Waals surface area contributed by atoms with Crippen LogP contribution < -0.4 is 9.80 Å². The molecule has 2 aromatic rings. The number of benzene rings is 2. The van der Waals surface area contributed by atoms with E-state index in [1.54, 1.807) is 23.6 Å². The van der Waals surface area contributed by atoms with E-state index in [-0.39, 0.29) is 11.8 Å². The van der Waals surface area contributed by atoms with Crippen LogP contribution in [-0.2, 0) is 42.8 Å². The largest absolute Gasteiger partial charge is 0.481 e. The number of carbonyl (C=O) groups is 4. The lowest BCUT2D eigenvalue weighted by Gasteiger charge is -2.16. The van der Waals surface area contributed by atoms with Crippen LogP contribution in [0.5, 0.6) is 0 Å². The number of nitrogens with zero attached hydrogens (tertiary/aromatic N) is 2. The molecule has 2 N–H and O–H groups in total. The molecule has 8 heteroatoms. The highest BCUT2D eigenvalue weighted by molar-refractivity contribution is 5.95. The molecule has 4 aliphatic rings. The van der Waals surface area contributed by atoms with Crippen LogP contribution in [-0.4, -0.2) is 47.1 Å². The minimum atomic E-state index is -0.733. The van der Waals surface area contributed by atoms with Crippen molar-refractivity contribution in [1.29, 1.82) is 0 Å².